The molecule has 0 bridgehead atoms. The summed E-state index contributed by atoms with van der Waals surface area (Å²) in [5, 5.41) is 13.9. The van der Waals surface area contributed by atoms with E-state index in [-0.39, 0.29) is 11.8 Å². The molecular formula is C15H19BrN2O2. The lowest BCUT2D eigenvalue weighted by Crippen LogP contribution is -2.20. The highest BCUT2D eigenvalue weighted by molar-refractivity contribution is 9.10. The average molecular weight is 339 g/mol. The normalized spacial score (nSPS) is 14.5. The smallest absolute Gasteiger partial charge is 0.232 e. The summed E-state index contributed by atoms with van der Waals surface area (Å²) < 4.78 is 6.35. The molecule has 2 aromatic rings. The van der Waals surface area contributed by atoms with Crippen LogP contribution in [0.5, 0.6) is 0 Å². The molecule has 5 heteroatoms. The summed E-state index contributed by atoms with van der Waals surface area (Å²) in [6, 6.07) is 7.96. The van der Waals surface area contributed by atoms with E-state index in [0.717, 1.165) is 10.0 Å². The summed E-state index contributed by atoms with van der Waals surface area (Å²) in [5.74, 6) is 1.26. The van der Waals surface area contributed by atoms with Crippen molar-refractivity contribution in [3.63, 3.8) is 0 Å². The van der Waals surface area contributed by atoms with Crippen LogP contribution in [0.25, 0.3) is 0 Å². The van der Waals surface area contributed by atoms with E-state index in [1.165, 1.54) is 0 Å². The van der Waals surface area contributed by atoms with Crippen molar-refractivity contribution < 1.29 is 9.63 Å². The molecule has 0 fully saturated rings. The minimum atomic E-state index is -0.508. The molecule has 0 aliphatic rings. The molecule has 2 rings (SSSR count). The van der Waals surface area contributed by atoms with Gasteiger partial charge in [0.25, 0.3) is 0 Å². The molecule has 108 valence electrons. The van der Waals surface area contributed by atoms with E-state index in [9.17, 15) is 5.11 Å². The third-order valence-electron chi connectivity index (χ3n) is 3.31. The van der Waals surface area contributed by atoms with E-state index in [1.54, 1.807) is 6.92 Å². The molecule has 0 spiro atoms. The van der Waals surface area contributed by atoms with Gasteiger partial charge in [-0.1, -0.05) is 53.1 Å². The number of rotatable bonds is 5. The fourth-order valence-electron chi connectivity index (χ4n) is 2.34. The van der Waals surface area contributed by atoms with Crippen LogP contribution in [0.2, 0.25) is 0 Å². The molecule has 4 nitrogen and oxygen atoms in total. The van der Waals surface area contributed by atoms with Crippen molar-refractivity contribution in [2.75, 3.05) is 0 Å². The van der Waals surface area contributed by atoms with Gasteiger partial charge in [-0.3, -0.25) is 0 Å². The maximum absolute atomic E-state index is 9.84. The van der Waals surface area contributed by atoms with Gasteiger partial charge in [-0.25, -0.2) is 0 Å². The van der Waals surface area contributed by atoms with Gasteiger partial charge in [-0.15, -0.1) is 0 Å². The molecule has 0 amide bonds. The number of hydrogen-bond acceptors (Lipinski definition) is 4. The van der Waals surface area contributed by atoms with Crippen molar-refractivity contribution in [1.82, 2.24) is 10.1 Å². The third-order valence-corrected chi connectivity index (χ3v) is 4.09. The lowest BCUT2D eigenvalue weighted by atomic mass is 9.91. The maximum atomic E-state index is 9.84. The SMILES string of the molecule is CC(C)C(c1nc(Cc2ccccc2Br)no1)C(C)O. The van der Waals surface area contributed by atoms with Crippen molar-refractivity contribution in [2.45, 2.75) is 39.2 Å². The highest BCUT2D eigenvalue weighted by Gasteiger charge is 2.27. The third kappa shape index (κ3) is 3.46. The van der Waals surface area contributed by atoms with Gasteiger partial charge in [0.15, 0.2) is 5.82 Å². The first-order valence-electron chi connectivity index (χ1n) is 6.73. The van der Waals surface area contributed by atoms with Gasteiger partial charge < -0.3 is 9.63 Å². The zero-order valence-corrected chi connectivity index (χ0v) is 13.5. The number of nitrogens with zero attached hydrogens (tertiary/aromatic N) is 2. The average Bonchev–Trinajstić information content (AvgIpc) is 2.79. The van der Waals surface area contributed by atoms with Gasteiger partial charge in [0.05, 0.1) is 12.0 Å². The molecule has 1 heterocycles. The number of aromatic nitrogens is 2. The van der Waals surface area contributed by atoms with E-state index < -0.39 is 6.10 Å². The van der Waals surface area contributed by atoms with Gasteiger partial charge in [-0.05, 0) is 24.5 Å². The Balaban J connectivity index is 2.19. The van der Waals surface area contributed by atoms with Gasteiger partial charge in [-0.2, -0.15) is 4.98 Å². The first-order chi connectivity index (χ1) is 9.49. The predicted molar refractivity (Wildman–Crippen MR) is 80.5 cm³/mol. The first kappa shape index (κ1) is 15.2. The van der Waals surface area contributed by atoms with Crippen molar-refractivity contribution in [3.05, 3.63) is 46.0 Å². The number of aliphatic hydroxyl groups excluding tert-OH is 1. The molecule has 0 radical (unpaired) electrons. The van der Waals surface area contributed by atoms with Crippen molar-refractivity contribution >= 4 is 15.9 Å². The van der Waals surface area contributed by atoms with Crippen LogP contribution in [0.4, 0.5) is 0 Å². The lowest BCUT2D eigenvalue weighted by Gasteiger charge is -2.19. The Morgan fingerprint density at radius 3 is 2.55 bits per heavy atom. The predicted octanol–water partition coefficient (Wildman–Crippen LogP) is 3.54. The molecule has 1 aromatic heterocycles. The van der Waals surface area contributed by atoms with Gasteiger partial charge in [0.1, 0.15) is 0 Å². The topological polar surface area (TPSA) is 59.2 Å². The fourth-order valence-corrected chi connectivity index (χ4v) is 2.76. The Kier molecular flexibility index (Phi) is 4.94. The van der Waals surface area contributed by atoms with E-state index in [4.69, 9.17) is 4.52 Å². The summed E-state index contributed by atoms with van der Waals surface area (Å²) in [7, 11) is 0. The minimum absolute atomic E-state index is 0.129. The summed E-state index contributed by atoms with van der Waals surface area (Å²) in [6.45, 7) is 5.83. The molecule has 0 aliphatic heterocycles. The monoisotopic (exact) mass is 338 g/mol. The summed E-state index contributed by atoms with van der Waals surface area (Å²) in [4.78, 5) is 4.43. The first-order valence-corrected chi connectivity index (χ1v) is 7.52. The van der Waals surface area contributed by atoms with Crippen LogP contribution in [-0.4, -0.2) is 21.4 Å². The second-order valence-electron chi connectivity index (χ2n) is 5.33. The molecule has 0 saturated heterocycles. The highest BCUT2D eigenvalue weighted by Crippen LogP contribution is 2.27. The van der Waals surface area contributed by atoms with E-state index in [1.807, 2.05) is 38.1 Å². The van der Waals surface area contributed by atoms with Crippen LogP contribution in [0.3, 0.4) is 0 Å². The van der Waals surface area contributed by atoms with Crippen LogP contribution in [0.1, 0.15) is 44.0 Å². The van der Waals surface area contributed by atoms with Crippen molar-refractivity contribution in [3.8, 4) is 0 Å². The number of aliphatic hydroxyl groups is 1. The standard InChI is InChI=1S/C15H19BrN2O2/c1-9(2)14(10(3)19)15-17-13(18-20-15)8-11-6-4-5-7-12(11)16/h4-7,9-10,14,19H,8H2,1-3H3. The molecule has 2 atom stereocenters. The number of halogens is 1. The molecule has 20 heavy (non-hydrogen) atoms. The van der Waals surface area contributed by atoms with Crippen molar-refractivity contribution in [1.29, 1.82) is 0 Å². The Bertz CT molecular complexity index is 559. The van der Waals surface area contributed by atoms with Crippen LogP contribution < -0.4 is 0 Å². The van der Waals surface area contributed by atoms with E-state index >= 15 is 0 Å². The molecule has 1 aromatic carbocycles. The van der Waals surface area contributed by atoms with Gasteiger partial charge >= 0.3 is 0 Å². The largest absolute Gasteiger partial charge is 0.393 e. The Hall–Kier alpha value is -1.20. The van der Waals surface area contributed by atoms with Crippen LogP contribution >= 0.6 is 15.9 Å². The molecular weight excluding hydrogens is 320 g/mol. The van der Waals surface area contributed by atoms with Gasteiger partial charge in [0.2, 0.25) is 5.89 Å². The maximum Gasteiger partial charge on any atom is 0.232 e. The molecule has 0 saturated carbocycles. The zero-order valence-electron chi connectivity index (χ0n) is 11.9. The van der Waals surface area contributed by atoms with Crippen LogP contribution in [0, 0.1) is 5.92 Å². The summed E-state index contributed by atoms with van der Waals surface area (Å²) in [6.07, 6.45) is 0.0991. The quantitative estimate of drug-likeness (QED) is 0.905. The van der Waals surface area contributed by atoms with Gasteiger partial charge in [0, 0.05) is 10.9 Å². The Labute approximate surface area is 127 Å². The highest BCUT2D eigenvalue weighted by atomic mass is 79.9. The second kappa shape index (κ2) is 6.50. The minimum Gasteiger partial charge on any atom is -0.393 e. The number of benzene rings is 1. The molecule has 1 N–H and O–H groups in total. The van der Waals surface area contributed by atoms with E-state index in [0.29, 0.717) is 18.1 Å². The lowest BCUT2D eigenvalue weighted by molar-refractivity contribution is 0.120. The Morgan fingerprint density at radius 2 is 1.95 bits per heavy atom. The zero-order chi connectivity index (χ0) is 14.7. The second-order valence-corrected chi connectivity index (χ2v) is 6.18. The summed E-state index contributed by atoms with van der Waals surface area (Å²) in [5.41, 5.74) is 1.11. The van der Waals surface area contributed by atoms with Crippen LogP contribution in [0.15, 0.2) is 33.3 Å². The van der Waals surface area contributed by atoms with E-state index in [2.05, 4.69) is 26.1 Å². The number of hydrogen-bond donors (Lipinski definition) is 1. The Morgan fingerprint density at radius 1 is 1.25 bits per heavy atom. The summed E-state index contributed by atoms with van der Waals surface area (Å²) >= 11 is 3.51. The molecule has 0 aliphatic carbocycles. The van der Waals surface area contributed by atoms with Crippen molar-refractivity contribution in [2.24, 2.45) is 5.92 Å². The molecule has 2 unspecified atom stereocenters. The van der Waals surface area contributed by atoms with Crippen LogP contribution in [-0.2, 0) is 6.42 Å². The fraction of sp³-hybridized carbons (Fsp3) is 0.467.